The lowest BCUT2D eigenvalue weighted by molar-refractivity contribution is -0.0269. The van der Waals surface area contributed by atoms with Crippen molar-refractivity contribution in [2.24, 2.45) is 0 Å². The minimum absolute atomic E-state index is 0.0480. The molecule has 0 fully saturated rings. The Bertz CT molecular complexity index is 252. The summed E-state index contributed by atoms with van der Waals surface area (Å²) in [6.07, 6.45) is 9.04. The molecule has 0 spiro atoms. The molecule has 0 aliphatic heterocycles. The monoisotopic (exact) mass is 378 g/mol. The zero-order chi connectivity index (χ0) is 19.1. The smallest absolute Gasteiger partial charge is 0.0704 e. The van der Waals surface area contributed by atoms with E-state index in [9.17, 15) is 0 Å². The molecule has 0 aliphatic rings. The molecule has 1 N–H and O–H groups in total. The van der Waals surface area contributed by atoms with E-state index in [-0.39, 0.29) is 6.61 Å². The van der Waals surface area contributed by atoms with Crippen LogP contribution in [0, 0.1) is 0 Å². The fourth-order valence-electron chi connectivity index (χ4n) is 2.53. The van der Waals surface area contributed by atoms with E-state index in [1.165, 1.54) is 38.5 Å². The van der Waals surface area contributed by atoms with Crippen LogP contribution in [-0.2, 0) is 23.7 Å². The van der Waals surface area contributed by atoms with E-state index in [2.05, 4.69) is 13.8 Å². The van der Waals surface area contributed by atoms with Crippen LogP contribution in [0.15, 0.2) is 0 Å². The van der Waals surface area contributed by atoms with Gasteiger partial charge in [-0.15, -0.1) is 0 Å². The Hall–Kier alpha value is -0.240. The fraction of sp³-hybridized carbons (Fsp3) is 1.00. The van der Waals surface area contributed by atoms with Crippen molar-refractivity contribution in [1.29, 1.82) is 0 Å². The molecule has 0 rings (SSSR count). The molecule has 6 heteroatoms. The van der Waals surface area contributed by atoms with Crippen molar-refractivity contribution in [2.45, 2.75) is 64.9 Å². The van der Waals surface area contributed by atoms with E-state index in [0.29, 0.717) is 65.6 Å². The Kier molecular flexibility index (Phi) is 22.6. The second kappa shape index (κ2) is 22.8. The van der Waals surface area contributed by atoms with Crippen LogP contribution >= 0.6 is 0 Å². The summed E-state index contributed by atoms with van der Waals surface area (Å²) in [5.74, 6) is 0. The molecule has 0 amide bonds. The molecule has 0 radical (unpaired) electrons. The van der Waals surface area contributed by atoms with Crippen molar-refractivity contribution in [3.8, 4) is 0 Å². The first kappa shape index (κ1) is 25.8. The van der Waals surface area contributed by atoms with Gasteiger partial charge in [-0.25, -0.2) is 0 Å². The highest BCUT2D eigenvalue weighted by Gasteiger charge is 2.07. The Balaban J connectivity index is 3.29. The zero-order valence-electron chi connectivity index (χ0n) is 17.1. The summed E-state index contributed by atoms with van der Waals surface area (Å²) in [7, 11) is 0. The number of aliphatic hydroxyl groups excluding tert-OH is 1. The van der Waals surface area contributed by atoms with Gasteiger partial charge < -0.3 is 28.8 Å². The van der Waals surface area contributed by atoms with Gasteiger partial charge in [0, 0.05) is 0 Å². The zero-order valence-corrected chi connectivity index (χ0v) is 17.1. The largest absolute Gasteiger partial charge is 0.394 e. The normalized spacial score (nSPS) is 12.6. The van der Waals surface area contributed by atoms with Crippen LogP contribution < -0.4 is 0 Å². The van der Waals surface area contributed by atoms with Gasteiger partial charge in [-0.1, -0.05) is 46.0 Å². The maximum atomic E-state index is 8.54. The SMILES string of the molecule is CCCCCCC(CCC)OCCOCCOCCOCCOCCO. The second-order valence-electron chi connectivity index (χ2n) is 6.30. The Morgan fingerprint density at radius 3 is 1.62 bits per heavy atom. The van der Waals surface area contributed by atoms with Crippen LogP contribution in [0.4, 0.5) is 0 Å². The maximum absolute atomic E-state index is 8.54. The second-order valence-corrected chi connectivity index (χ2v) is 6.30. The first-order valence-electron chi connectivity index (χ1n) is 10.4. The summed E-state index contributed by atoms with van der Waals surface area (Å²) in [6, 6.07) is 0. The van der Waals surface area contributed by atoms with Gasteiger partial charge in [0.05, 0.1) is 72.2 Å². The minimum Gasteiger partial charge on any atom is -0.394 e. The van der Waals surface area contributed by atoms with Crippen LogP contribution in [0.2, 0.25) is 0 Å². The summed E-state index contributed by atoms with van der Waals surface area (Å²) < 4.78 is 27.3. The van der Waals surface area contributed by atoms with Gasteiger partial charge in [0.15, 0.2) is 0 Å². The van der Waals surface area contributed by atoms with Gasteiger partial charge in [0.2, 0.25) is 0 Å². The summed E-state index contributed by atoms with van der Waals surface area (Å²) >= 11 is 0. The van der Waals surface area contributed by atoms with Gasteiger partial charge in [-0.3, -0.25) is 0 Å². The highest BCUT2D eigenvalue weighted by atomic mass is 16.6. The van der Waals surface area contributed by atoms with Crippen molar-refractivity contribution in [1.82, 2.24) is 0 Å². The summed E-state index contributed by atoms with van der Waals surface area (Å²) in [5, 5.41) is 8.54. The quantitative estimate of drug-likeness (QED) is 0.292. The lowest BCUT2D eigenvalue weighted by Gasteiger charge is -2.17. The molecule has 0 aromatic carbocycles. The molecule has 0 aromatic rings. The van der Waals surface area contributed by atoms with Crippen molar-refractivity contribution >= 4 is 0 Å². The number of ether oxygens (including phenoxy) is 5. The van der Waals surface area contributed by atoms with E-state index in [1.54, 1.807) is 0 Å². The van der Waals surface area contributed by atoms with Crippen LogP contribution in [0.3, 0.4) is 0 Å². The number of rotatable bonds is 22. The molecule has 0 aliphatic carbocycles. The molecule has 6 nitrogen and oxygen atoms in total. The van der Waals surface area contributed by atoms with E-state index in [0.717, 1.165) is 6.42 Å². The van der Waals surface area contributed by atoms with Crippen LogP contribution in [0.1, 0.15) is 58.8 Å². The van der Waals surface area contributed by atoms with Gasteiger partial charge in [0.1, 0.15) is 0 Å². The van der Waals surface area contributed by atoms with Crippen LogP contribution in [0.5, 0.6) is 0 Å². The fourth-order valence-corrected chi connectivity index (χ4v) is 2.53. The van der Waals surface area contributed by atoms with E-state index < -0.39 is 0 Å². The van der Waals surface area contributed by atoms with E-state index in [1.807, 2.05) is 0 Å². The van der Waals surface area contributed by atoms with Gasteiger partial charge in [-0.05, 0) is 12.8 Å². The molecule has 158 valence electrons. The Labute approximate surface area is 160 Å². The lowest BCUT2D eigenvalue weighted by Crippen LogP contribution is -2.17. The standard InChI is InChI=1S/C20H42O6/c1-3-5-6-7-9-20(8-4-2)26-19-18-25-17-16-24-15-14-23-13-12-22-11-10-21/h20-21H,3-19H2,1-2H3. The molecule has 0 saturated heterocycles. The average Bonchev–Trinajstić information content (AvgIpc) is 2.65. The average molecular weight is 379 g/mol. The number of hydrogen-bond acceptors (Lipinski definition) is 6. The summed E-state index contributed by atoms with van der Waals surface area (Å²) in [6.45, 7) is 9.41. The predicted octanol–water partition coefficient (Wildman–Crippen LogP) is 3.20. The summed E-state index contributed by atoms with van der Waals surface area (Å²) in [4.78, 5) is 0. The maximum Gasteiger partial charge on any atom is 0.0704 e. The highest BCUT2D eigenvalue weighted by Crippen LogP contribution is 2.12. The molecule has 0 saturated carbocycles. The molecule has 1 unspecified atom stereocenters. The van der Waals surface area contributed by atoms with Crippen LogP contribution in [0.25, 0.3) is 0 Å². The third-order valence-corrected chi connectivity index (χ3v) is 3.92. The van der Waals surface area contributed by atoms with Crippen molar-refractivity contribution < 1.29 is 28.8 Å². The first-order chi connectivity index (χ1) is 12.8. The van der Waals surface area contributed by atoms with Crippen molar-refractivity contribution in [3.63, 3.8) is 0 Å². The van der Waals surface area contributed by atoms with E-state index >= 15 is 0 Å². The topological polar surface area (TPSA) is 66.4 Å². The number of hydrogen-bond donors (Lipinski definition) is 1. The molecule has 0 bridgehead atoms. The summed E-state index contributed by atoms with van der Waals surface area (Å²) in [5.41, 5.74) is 0. The molecule has 26 heavy (non-hydrogen) atoms. The molecular weight excluding hydrogens is 336 g/mol. The predicted molar refractivity (Wildman–Crippen MR) is 104 cm³/mol. The molecule has 1 atom stereocenters. The Morgan fingerprint density at radius 2 is 1.12 bits per heavy atom. The van der Waals surface area contributed by atoms with Gasteiger partial charge >= 0.3 is 0 Å². The van der Waals surface area contributed by atoms with Crippen molar-refractivity contribution in [3.05, 3.63) is 0 Å². The van der Waals surface area contributed by atoms with Crippen molar-refractivity contribution in [2.75, 3.05) is 66.1 Å². The lowest BCUT2D eigenvalue weighted by atomic mass is 10.1. The Morgan fingerprint density at radius 1 is 0.577 bits per heavy atom. The molecule has 0 aromatic heterocycles. The highest BCUT2D eigenvalue weighted by molar-refractivity contribution is 4.58. The van der Waals surface area contributed by atoms with Gasteiger partial charge in [-0.2, -0.15) is 0 Å². The van der Waals surface area contributed by atoms with E-state index in [4.69, 9.17) is 28.8 Å². The molecular formula is C20H42O6. The molecule has 0 heterocycles. The van der Waals surface area contributed by atoms with Gasteiger partial charge in [0.25, 0.3) is 0 Å². The third kappa shape index (κ3) is 20.1. The number of unbranched alkanes of at least 4 members (excludes halogenated alkanes) is 3. The first-order valence-corrected chi connectivity index (χ1v) is 10.4. The van der Waals surface area contributed by atoms with Crippen LogP contribution in [-0.4, -0.2) is 77.3 Å². The number of aliphatic hydroxyl groups is 1. The third-order valence-electron chi connectivity index (χ3n) is 3.92. The minimum atomic E-state index is 0.0480.